The van der Waals surface area contributed by atoms with E-state index in [9.17, 15) is 14.9 Å². The molecular weight excluding hydrogens is 360 g/mol. The van der Waals surface area contributed by atoms with Gasteiger partial charge >= 0.3 is 0 Å². The van der Waals surface area contributed by atoms with Gasteiger partial charge in [-0.25, -0.2) is 0 Å². The molecule has 0 saturated heterocycles. The molecule has 5 nitrogen and oxygen atoms in total. The first kappa shape index (κ1) is 15.5. The fraction of sp³-hybridized carbons (Fsp3) is 0.0714. The molecule has 7 heteroatoms. The first-order valence-corrected chi connectivity index (χ1v) is 7.05. The Morgan fingerprint density at radius 1 is 1.24 bits per heavy atom. The lowest BCUT2D eigenvalue weighted by Crippen LogP contribution is -2.26. The Balaban J connectivity index is 2.25. The Bertz CT molecular complexity index is 704. The van der Waals surface area contributed by atoms with Crippen molar-refractivity contribution in [3.63, 3.8) is 0 Å². The average molecular weight is 370 g/mol. The molecule has 108 valence electrons. The Hall–Kier alpha value is -1.92. The molecule has 2 aromatic rings. The number of carbonyl (C=O) groups is 1. The lowest BCUT2D eigenvalue weighted by Gasteiger charge is -2.17. The van der Waals surface area contributed by atoms with Crippen molar-refractivity contribution in [2.24, 2.45) is 0 Å². The Kier molecular flexibility index (Phi) is 4.59. The molecule has 0 fully saturated rings. The Morgan fingerprint density at radius 3 is 2.38 bits per heavy atom. The summed E-state index contributed by atoms with van der Waals surface area (Å²) in [4.78, 5) is 23.9. The van der Waals surface area contributed by atoms with Crippen molar-refractivity contribution < 1.29 is 9.72 Å². The van der Waals surface area contributed by atoms with Crippen LogP contribution in [-0.4, -0.2) is 17.9 Å². The highest BCUT2D eigenvalue weighted by Gasteiger charge is 2.15. The number of nitro benzene ring substituents is 1. The Labute approximate surface area is 134 Å². The SMILES string of the molecule is CN(C(=O)c1ccc(Cl)c(Br)c1)c1ccc([N+](=O)[O-])cc1. The van der Waals surface area contributed by atoms with Crippen LogP contribution >= 0.6 is 27.5 Å². The molecule has 0 aliphatic rings. The number of amides is 1. The molecule has 0 aromatic heterocycles. The summed E-state index contributed by atoms with van der Waals surface area (Å²) >= 11 is 9.16. The van der Waals surface area contributed by atoms with E-state index in [1.165, 1.54) is 29.2 Å². The third-order valence-corrected chi connectivity index (χ3v) is 4.13. The number of hydrogen-bond donors (Lipinski definition) is 0. The minimum Gasteiger partial charge on any atom is -0.311 e. The smallest absolute Gasteiger partial charge is 0.269 e. The van der Waals surface area contributed by atoms with Gasteiger partial charge in [-0.2, -0.15) is 0 Å². The minimum absolute atomic E-state index is 0.0196. The summed E-state index contributed by atoms with van der Waals surface area (Å²) in [5.74, 6) is -0.235. The van der Waals surface area contributed by atoms with Crippen LogP contribution in [0.15, 0.2) is 46.9 Å². The van der Waals surface area contributed by atoms with E-state index in [0.29, 0.717) is 20.7 Å². The van der Waals surface area contributed by atoms with Gasteiger partial charge in [-0.1, -0.05) is 11.6 Å². The fourth-order valence-corrected chi connectivity index (χ4v) is 2.23. The largest absolute Gasteiger partial charge is 0.311 e. The van der Waals surface area contributed by atoms with Gasteiger partial charge in [0.15, 0.2) is 0 Å². The van der Waals surface area contributed by atoms with Gasteiger partial charge < -0.3 is 4.90 Å². The van der Waals surface area contributed by atoms with Gasteiger partial charge in [-0.05, 0) is 46.3 Å². The maximum atomic E-state index is 12.4. The molecule has 21 heavy (non-hydrogen) atoms. The van der Waals surface area contributed by atoms with Gasteiger partial charge in [0.2, 0.25) is 0 Å². The summed E-state index contributed by atoms with van der Waals surface area (Å²) in [6.45, 7) is 0. The number of non-ortho nitro benzene ring substituents is 1. The van der Waals surface area contributed by atoms with E-state index in [1.807, 2.05) is 0 Å². The van der Waals surface area contributed by atoms with Crippen molar-refractivity contribution in [2.45, 2.75) is 0 Å². The molecule has 0 aliphatic heterocycles. The van der Waals surface area contributed by atoms with Gasteiger partial charge in [0.05, 0.1) is 9.95 Å². The predicted octanol–water partition coefficient (Wildman–Crippen LogP) is 4.29. The highest BCUT2D eigenvalue weighted by Crippen LogP contribution is 2.25. The van der Waals surface area contributed by atoms with Crippen molar-refractivity contribution in [2.75, 3.05) is 11.9 Å². The number of halogens is 2. The van der Waals surface area contributed by atoms with E-state index in [0.717, 1.165) is 0 Å². The van der Waals surface area contributed by atoms with E-state index in [4.69, 9.17) is 11.6 Å². The molecule has 1 amide bonds. The quantitative estimate of drug-likeness (QED) is 0.599. The summed E-state index contributed by atoms with van der Waals surface area (Å²) in [5, 5.41) is 11.1. The highest BCUT2D eigenvalue weighted by atomic mass is 79.9. The highest BCUT2D eigenvalue weighted by molar-refractivity contribution is 9.10. The topological polar surface area (TPSA) is 63.5 Å². The molecule has 2 aromatic carbocycles. The zero-order chi connectivity index (χ0) is 15.6. The zero-order valence-corrected chi connectivity index (χ0v) is 13.3. The third-order valence-electron chi connectivity index (χ3n) is 2.92. The van der Waals surface area contributed by atoms with E-state index in [-0.39, 0.29) is 11.6 Å². The van der Waals surface area contributed by atoms with E-state index in [2.05, 4.69) is 15.9 Å². The van der Waals surface area contributed by atoms with Gasteiger partial charge in [-0.15, -0.1) is 0 Å². The van der Waals surface area contributed by atoms with E-state index < -0.39 is 4.92 Å². The lowest BCUT2D eigenvalue weighted by atomic mass is 10.2. The maximum Gasteiger partial charge on any atom is 0.269 e. The second-order valence-corrected chi connectivity index (χ2v) is 5.53. The Morgan fingerprint density at radius 2 is 1.86 bits per heavy atom. The summed E-state index contributed by atoms with van der Waals surface area (Å²) < 4.78 is 0.632. The summed E-state index contributed by atoms with van der Waals surface area (Å²) in [6, 6.07) is 10.7. The summed E-state index contributed by atoms with van der Waals surface area (Å²) in [7, 11) is 1.60. The third kappa shape index (κ3) is 3.40. The molecule has 0 N–H and O–H groups in total. The molecule has 0 bridgehead atoms. The van der Waals surface area contributed by atoms with Crippen LogP contribution in [0.3, 0.4) is 0 Å². The number of anilines is 1. The van der Waals surface area contributed by atoms with Crippen LogP contribution in [-0.2, 0) is 0 Å². The van der Waals surface area contributed by atoms with Crippen molar-refractivity contribution in [1.82, 2.24) is 0 Å². The minimum atomic E-state index is -0.484. The van der Waals surface area contributed by atoms with Crippen LogP contribution < -0.4 is 4.90 Å². The molecule has 0 unspecified atom stereocenters. The van der Waals surface area contributed by atoms with Crippen LogP contribution in [0, 0.1) is 10.1 Å². The second kappa shape index (κ2) is 6.24. The summed E-state index contributed by atoms with van der Waals surface area (Å²) in [5.41, 5.74) is 1.01. The maximum absolute atomic E-state index is 12.4. The molecule has 2 rings (SSSR count). The van der Waals surface area contributed by atoms with E-state index >= 15 is 0 Å². The van der Waals surface area contributed by atoms with Crippen molar-refractivity contribution in [3.05, 3.63) is 67.6 Å². The van der Waals surface area contributed by atoms with Crippen molar-refractivity contribution in [1.29, 1.82) is 0 Å². The van der Waals surface area contributed by atoms with Crippen LogP contribution in [0.4, 0.5) is 11.4 Å². The molecule has 0 radical (unpaired) electrons. The second-order valence-electron chi connectivity index (χ2n) is 4.27. The lowest BCUT2D eigenvalue weighted by molar-refractivity contribution is -0.384. The standard InChI is InChI=1S/C14H10BrClN2O3/c1-17(10-3-5-11(6-4-10)18(20)21)14(19)9-2-7-13(16)12(15)8-9/h2-8H,1H3. The molecule has 0 saturated carbocycles. The van der Waals surface area contributed by atoms with Gasteiger partial charge in [0.1, 0.15) is 0 Å². The van der Waals surface area contributed by atoms with Crippen LogP contribution in [0.1, 0.15) is 10.4 Å². The van der Waals surface area contributed by atoms with Crippen LogP contribution in [0.5, 0.6) is 0 Å². The van der Waals surface area contributed by atoms with Gasteiger partial charge in [-0.3, -0.25) is 14.9 Å². The number of hydrogen-bond acceptors (Lipinski definition) is 3. The summed E-state index contributed by atoms with van der Waals surface area (Å²) in [6.07, 6.45) is 0. The van der Waals surface area contributed by atoms with Crippen LogP contribution in [0.2, 0.25) is 5.02 Å². The number of benzene rings is 2. The fourth-order valence-electron chi connectivity index (χ4n) is 1.74. The molecule has 0 spiro atoms. The monoisotopic (exact) mass is 368 g/mol. The molecule has 0 atom stereocenters. The predicted molar refractivity (Wildman–Crippen MR) is 85.0 cm³/mol. The number of carbonyl (C=O) groups excluding carboxylic acids is 1. The molecule has 0 aliphatic carbocycles. The van der Waals surface area contributed by atoms with Crippen molar-refractivity contribution >= 4 is 44.8 Å². The zero-order valence-electron chi connectivity index (χ0n) is 10.9. The number of nitro groups is 1. The van der Waals surface area contributed by atoms with Crippen LogP contribution in [0.25, 0.3) is 0 Å². The van der Waals surface area contributed by atoms with Gasteiger partial charge in [0, 0.05) is 34.9 Å². The first-order valence-electron chi connectivity index (χ1n) is 5.87. The van der Waals surface area contributed by atoms with E-state index in [1.54, 1.807) is 25.2 Å². The van der Waals surface area contributed by atoms with Gasteiger partial charge in [0.25, 0.3) is 11.6 Å². The average Bonchev–Trinajstić information content (AvgIpc) is 2.48. The number of rotatable bonds is 3. The van der Waals surface area contributed by atoms with Crippen molar-refractivity contribution in [3.8, 4) is 0 Å². The number of nitrogens with zero attached hydrogens (tertiary/aromatic N) is 2. The molecule has 0 heterocycles. The first-order chi connectivity index (χ1) is 9.90. The normalized spacial score (nSPS) is 10.2. The molecular formula is C14H10BrClN2O3.